The third-order valence-corrected chi connectivity index (χ3v) is 3.68. The molecule has 0 aliphatic rings. The van der Waals surface area contributed by atoms with Crippen LogP contribution < -0.4 is 0 Å². The maximum absolute atomic E-state index is 12.1. The fourth-order valence-electron chi connectivity index (χ4n) is 1.58. The van der Waals surface area contributed by atoms with Crippen LogP contribution in [0.5, 0.6) is 0 Å². The summed E-state index contributed by atoms with van der Waals surface area (Å²) in [6.45, 7) is 1.47. The van der Waals surface area contributed by atoms with Gasteiger partial charge in [0.15, 0.2) is 0 Å². The first-order valence-corrected chi connectivity index (χ1v) is 6.02. The van der Waals surface area contributed by atoms with Crippen molar-refractivity contribution >= 4 is 11.8 Å². The molecule has 6 heteroatoms. The second-order valence-corrected chi connectivity index (χ2v) is 5.63. The molecule has 6 nitrogen and oxygen atoms in total. The number of hydrogen-bond donors (Lipinski definition) is 2. The van der Waals surface area contributed by atoms with E-state index in [4.69, 9.17) is 5.11 Å². The van der Waals surface area contributed by atoms with Crippen LogP contribution in [-0.2, 0) is 9.59 Å². The first-order valence-electron chi connectivity index (χ1n) is 6.02. The van der Waals surface area contributed by atoms with Crippen molar-refractivity contribution in [3.8, 4) is 0 Å². The highest BCUT2D eigenvalue weighted by Gasteiger charge is 2.38. The van der Waals surface area contributed by atoms with E-state index in [-0.39, 0.29) is 40.4 Å². The zero-order valence-electron chi connectivity index (χ0n) is 12.0. The molecule has 0 fully saturated rings. The Labute approximate surface area is 109 Å². The first kappa shape index (κ1) is 17.2. The summed E-state index contributed by atoms with van der Waals surface area (Å²) in [4.78, 5) is 23.6. The van der Waals surface area contributed by atoms with Gasteiger partial charge in [-0.1, -0.05) is 0 Å². The van der Waals surface area contributed by atoms with Gasteiger partial charge in [0.25, 0.3) is 0 Å². The smallest absolute Gasteiger partial charge is 0.319 e. The van der Waals surface area contributed by atoms with Gasteiger partial charge in [-0.25, -0.2) is 9.59 Å². The lowest BCUT2D eigenvalue weighted by molar-refractivity contribution is -0.847. The van der Waals surface area contributed by atoms with Crippen LogP contribution in [0.4, 0.5) is 0 Å². The highest BCUT2D eigenvalue weighted by atomic mass is 16.3. The highest BCUT2D eigenvalue weighted by molar-refractivity contribution is 5.70. The average molecular weight is 262 g/mol. The van der Waals surface area contributed by atoms with Crippen LogP contribution in [0.15, 0.2) is 0 Å². The molecule has 106 valence electrons. The molecule has 0 heterocycles. The van der Waals surface area contributed by atoms with Gasteiger partial charge >= 0.3 is 11.8 Å². The quantitative estimate of drug-likeness (QED) is 0.599. The Balaban J connectivity index is 4.85. The van der Waals surface area contributed by atoms with Crippen LogP contribution >= 0.6 is 0 Å². The van der Waals surface area contributed by atoms with Gasteiger partial charge < -0.3 is 10.2 Å². The number of hydrogen-bond acceptors (Lipinski definition) is 4. The zero-order valence-corrected chi connectivity index (χ0v) is 12.0. The average Bonchev–Trinajstić information content (AvgIpc) is 2.24. The van der Waals surface area contributed by atoms with Crippen molar-refractivity contribution < 1.29 is 28.8 Å². The van der Waals surface area contributed by atoms with E-state index in [1.54, 1.807) is 28.2 Å². The van der Waals surface area contributed by atoms with E-state index < -0.39 is 6.04 Å². The summed E-state index contributed by atoms with van der Waals surface area (Å²) >= 11 is 0. The van der Waals surface area contributed by atoms with E-state index >= 15 is 0 Å². The van der Waals surface area contributed by atoms with Gasteiger partial charge in [-0.05, 0) is 0 Å². The zero-order chi connectivity index (χ0) is 14.6. The minimum Gasteiger partial charge on any atom is -0.390 e. The molecule has 0 rings (SSSR count). The molecule has 1 unspecified atom stereocenters. The molecule has 0 radical (unpaired) electrons. The summed E-state index contributed by atoms with van der Waals surface area (Å²) in [6, 6.07) is -0.453. The molecule has 0 aromatic rings. The van der Waals surface area contributed by atoms with Gasteiger partial charge in [0, 0.05) is 0 Å². The minimum atomic E-state index is -0.453. The third-order valence-electron chi connectivity index (χ3n) is 3.68. The fraction of sp³-hybridized carbons (Fsp3) is 0.833. The van der Waals surface area contributed by atoms with E-state index in [2.05, 4.69) is 0 Å². The SMILES string of the molecule is CC(=O)[N+](C)(C)C(CO)CC(=O)[N+](C)(C)CCO. The monoisotopic (exact) mass is 262 g/mol. The van der Waals surface area contributed by atoms with E-state index in [0.29, 0.717) is 6.54 Å². The lowest BCUT2D eigenvalue weighted by Crippen LogP contribution is -2.57. The van der Waals surface area contributed by atoms with E-state index in [1.165, 1.54) is 6.92 Å². The number of quaternary nitrogens is 2. The minimum absolute atomic E-state index is 0.0264. The number of carbonyl (C=O) groups is 2. The molecular formula is C12H26N2O4+2. The van der Waals surface area contributed by atoms with Crippen molar-refractivity contribution in [1.82, 2.24) is 0 Å². The van der Waals surface area contributed by atoms with Crippen LogP contribution in [0.25, 0.3) is 0 Å². The second-order valence-electron chi connectivity index (χ2n) is 5.63. The van der Waals surface area contributed by atoms with Crippen LogP contribution in [0.3, 0.4) is 0 Å². The standard InChI is InChI=1S/C12H26N2O4/c1-10(17)14(4,5)11(9-16)8-12(18)13(2,3)6-7-15/h11,15-16H,6-9H2,1-5H3/q+2. The van der Waals surface area contributed by atoms with Crippen molar-refractivity contribution in [2.45, 2.75) is 19.4 Å². The summed E-state index contributed by atoms with van der Waals surface area (Å²) in [7, 11) is 6.78. The molecular weight excluding hydrogens is 236 g/mol. The second kappa shape index (κ2) is 6.38. The Morgan fingerprint density at radius 2 is 1.61 bits per heavy atom. The number of amides is 2. The molecule has 18 heavy (non-hydrogen) atoms. The van der Waals surface area contributed by atoms with E-state index in [9.17, 15) is 14.7 Å². The molecule has 2 amide bonds. The summed E-state index contributed by atoms with van der Waals surface area (Å²) in [5.74, 6) is -0.204. The number of carbonyl (C=O) groups excluding carboxylic acids is 2. The first-order chi connectivity index (χ1) is 8.09. The van der Waals surface area contributed by atoms with Crippen molar-refractivity contribution in [2.75, 3.05) is 47.9 Å². The van der Waals surface area contributed by atoms with Gasteiger partial charge in [0.05, 0.1) is 48.3 Å². The lowest BCUT2D eigenvalue weighted by Gasteiger charge is -2.35. The van der Waals surface area contributed by atoms with Gasteiger partial charge in [-0.2, -0.15) is 0 Å². The van der Waals surface area contributed by atoms with Gasteiger partial charge in [0.2, 0.25) is 0 Å². The summed E-state index contributed by atoms with van der Waals surface area (Å²) in [5, 5.41) is 18.3. The summed E-state index contributed by atoms with van der Waals surface area (Å²) < 4.78 is 0.0201. The molecule has 0 aromatic heterocycles. The largest absolute Gasteiger partial charge is 0.390 e. The van der Waals surface area contributed by atoms with Crippen molar-refractivity contribution in [3.63, 3.8) is 0 Å². The molecule has 0 spiro atoms. The Morgan fingerprint density at radius 3 is 1.94 bits per heavy atom. The molecule has 1 atom stereocenters. The number of rotatable bonds is 6. The normalized spacial score (nSPS) is 14.4. The number of aliphatic hydroxyl groups excluding tert-OH is 2. The maximum atomic E-state index is 12.1. The van der Waals surface area contributed by atoms with E-state index in [1.807, 2.05) is 0 Å². The molecule has 2 N–H and O–H groups in total. The van der Waals surface area contributed by atoms with Crippen molar-refractivity contribution in [3.05, 3.63) is 0 Å². The number of nitrogens with zero attached hydrogens (tertiary/aromatic N) is 2. The molecule has 0 saturated carbocycles. The maximum Gasteiger partial charge on any atom is 0.319 e. The predicted octanol–water partition coefficient (Wildman–Crippen LogP) is -1.04. The Kier molecular flexibility index (Phi) is 6.09. The Morgan fingerprint density at radius 1 is 1.11 bits per heavy atom. The van der Waals surface area contributed by atoms with E-state index in [0.717, 1.165) is 0 Å². The van der Waals surface area contributed by atoms with Crippen LogP contribution in [-0.4, -0.2) is 85.0 Å². The van der Waals surface area contributed by atoms with Gasteiger partial charge in [-0.3, -0.25) is 8.97 Å². The molecule has 0 aliphatic carbocycles. The Bertz CT molecular complexity index is 313. The van der Waals surface area contributed by atoms with Gasteiger partial charge in [0.1, 0.15) is 19.0 Å². The van der Waals surface area contributed by atoms with Crippen LogP contribution in [0.1, 0.15) is 13.3 Å². The summed E-state index contributed by atoms with van der Waals surface area (Å²) in [5.41, 5.74) is 0. The fourth-order valence-corrected chi connectivity index (χ4v) is 1.58. The molecule has 0 bridgehead atoms. The predicted molar refractivity (Wildman–Crippen MR) is 67.3 cm³/mol. The summed E-state index contributed by atoms with van der Waals surface area (Å²) in [6.07, 6.45) is 0.107. The molecule has 0 aliphatic heterocycles. The topological polar surface area (TPSA) is 74.6 Å². The van der Waals surface area contributed by atoms with Crippen molar-refractivity contribution in [2.24, 2.45) is 0 Å². The Hall–Kier alpha value is -0.820. The molecule has 0 saturated heterocycles. The van der Waals surface area contributed by atoms with Gasteiger partial charge in [-0.15, -0.1) is 0 Å². The lowest BCUT2D eigenvalue weighted by atomic mass is 10.1. The number of aliphatic hydroxyl groups is 2. The third kappa shape index (κ3) is 4.13. The van der Waals surface area contributed by atoms with Crippen LogP contribution in [0, 0.1) is 0 Å². The van der Waals surface area contributed by atoms with Crippen LogP contribution in [0.2, 0.25) is 0 Å². The molecule has 0 aromatic carbocycles. The highest BCUT2D eigenvalue weighted by Crippen LogP contribution is 2.14. The van der Waals surface area contributed by atoms with Crippen molar-refractivity contribution in [1.29, 1.82) is 0 Å². The number of likely N-dealkylation sites (N-methyl/N-ethyl adjacent to an activating group) is 2.